The molecule has 3 aromatic rings. The standard InChI is InChI=1S/C19H19N5O3/c1-2-20-18(25)13-27-16-10-8-14(9-11-16)22-19(26)17-12-21-24(23-17)15-6-4-3-5-7-15/h3-12H,2,13H2,1H3,(H,20,25)(H,22,26). The number of rotatable bonds is 7. The molecule has 2 aromatic carbocycles. The van der Waals surface area contributed by atoms with E-state index in [1.54, 1.807) is 24.3 Å². The van der Waals surface area contributed by atoms with E-state index in [0.29, 0.717) is 18.0 Å². The van der Waals surface area contributed by atoms with Crippen molar-refractivity contribution >= 4 is 17.5 Å². The SMILES string of the molecule is CCNC(=O)COc1ccc(NC(=O)c2cnn(-c3ccccc3)n2)cc1. The Balaban J connectivity index is 1.58. The van der Waals surface area contributed by atoms with Crippen LogP contribution in [0, 0.1) is 0 Å². The van der Waals surface area contributed by atoms with E-state index in [2.05, 4.69) is 20.8 Å². The summed E-state index contributed by atoms with van der Waals surface area (Å²) in [7, 11) is 0. The van der Waals surface area contributed by atoms with E-state index in [4.69, 9.17) is 4.74 Å². The molecular formula is C19H19N5O3. The lowest BCUT2D eigenvalue weighted by Gasteiger charge is -2.07. The van der Waals surface area contributed by atoms with E-state index in [0.717, 1.165) is 5.69 Å². The maximum absolute atomic E-state index is 12.3. The number of carbonyl (C=O) groups is 2. The Morgan fingerprint density at radius 1 is 1.07 bits per heavy atom. The van der Waals surface area contributed by atoms with Crippen molar-refractivity contribution in [3.63, 3.8) is 0 Å². The fourth-order valence-electron chi connectivity index (χ4n) is 2.28. The first-order valence-electron chi connectivity index (χ1n) is 8.44. The van der Waals surface area contributed by atoms with Crippen molar-refractivity contribution in [2.75, 3.05) is 18.5 Å². The van der Waals surface area contributed by atoms with Crippen LogP contribution in [-0.2, 0) is 4.79 Å². The van der Waals surface area contributed by atoms with E-state index in [9.17, 15) is 9.59 Å². The number of aromatic nitrogens is 3. The van der Waals surface area contributed by atoms with Gasteiger partial charge in [0.25, 0.3) is 11.8 Å². The number of ether oxygens (including phenoxy) is 1. The minimum absolute atomic E-state index is 0.0534. The number of carbonyl (C=O) groups excluding carboxylic acids is 2. The van der Waals surface area contributed by atoms with Crippen LogP contribution in [0.1, 0.15) is 17.4 Å². The fourth-order valence-corrected chi connectivity index (χ4v) is 2.28. The summed E-state index contributed by atoms with van der Waals surface area (Å²) in [5.74, 6) is -0.0150. The number of amides is 2. The molecule has 2 amide bonds. The summed E-state index contributed by atoms with van der Waals surface area (Å²) < 4.78 is 5.37. The van der Waals surface area contributed by atoms with Gasteiger partial charge in [0, 0.05) is 12.2 Å². The molecule has 1 aromatic heterocycles. The third-order valence-corrected chi connectivity index (χ3v) is 3.57. The highest BCUT2D eigenvalue weighted by Gasteiger charge is 2.12. The number of hydrogen-bond donors (Lipinski definition) is 2. The third-order valence-electron chi connectivity index (χ3n) is 3.57. The van der Waals surface area contributed by atoms with Crippen LogP contribution >= 0.6 is 0 Å². The zero-order chi connectivity index (χ0) is 19.1. The Hall–Kier alpha value is -3.68. The van der Waals surface area contributed by atoms with E-state index in [-0.39, 0.29) is 24.1 Å². The maximum Gasteiger partial charge on any atom is 0.277 e. The number of anilines is 1. The van der Waals surface area contributed by atoms with Gasteiger partial charge in [0.15, 0.2) is 12.3 Å². The van der Waals surface area contributed by atoms with Crippen molar-refractivity contribution < 1.29 is 14.3 Å². The van der Waals surface area contributed by atoms with E-state index in [1.165, 1.54) is 11.0 Å². The van der Waals surface area contributed by atoms with Gasteiger partial charge in [0.05, 0.1) is 11.9 Å². The maximum atomic E-state index is 12.3. The first-order valence-corrected chi connectivity index (χ1v) is 8.44. The summed E-state index contributed by atoms with van der Waals surface area (Å²) in [5.41, 5.74) is 1.56. The van der Waals surface area contributed by atoms with Gasteiger partial charge in [-0.3, -0.25) is 9.59 Å². The summed E-state index contributed by atoms with van der Waals surface area (Å²) in [4.78, 5) is 25.1. The second-order valence-corrected chi connectivity index (χ2v) is 5.58. The second kappa shape index (κ2) is 8.61. The zero-order valence-electron chi connectivity index (χ0n) is 14.8. The Labute approximate surface area is 156 Å². The van der Waals surface area contributed by atoms with Crippen molar-refractivity contribution in [2.24, 2.45) is 0 Å². The van der Waals surface area contributed by atoms with Crippen LogP contribution in [0.15, 0.2) is 60.8 Å². The molecule has 0 aliphatic rings. The summed E-state index contributed by atoms with van der Waals surface area (Å²) in [6.07, 6.45) is 1.41. The molecule has 8 heteroatoms. The summed E-state index contributed by atoms with van der Waals surface area (Å²) in [6, 6.07) is 16.1. The molecule has 2 N–H and O–H groups in total. The highest BCUT2D eigenvalue weighted by Crippen LogP contribution is 2.16. The quantitative estimate of drug-likeness (QED) is 0.668. The van der Waals surface area contributed by atoms with Gasteiger partial charge in [-0.25, -0.2) is 0 Å². The highest BCUT2D eigenvalue weighted by molar-refractivity contribution is 6.02. The first kappa shape index (κ1) is 18.1. The molecule has 0 atom stereocenters. The number of nitrogens with one attached hydrogen (secondary N) is 2. The largest absolute Gasteiger partial charge is 0.484 e. The monoisotopic (exact) mass is 365 g/mol. The van der Waals surface area contributed by atoms with Gasteiger partial charge in [-0.05, 0) is 43.3 Å². The Morgan fingerprint density at radius 3 is 2.52 bits per heavy atom. The van der Waals surface area contributed by atoms with E-state index in [1.807, 2.05) is 37.3 Å². The van der Waals surface area contributed by atoms with Gasteiger partial charge in [0.1, 0.15) is 5.75 Å². The molecule has 0 unspecified atom stereocenters. The van der Waals surface area contributed by atoms with Crippen molar-refractivity contribution in [1.29, 1.82) is 0 Å². The molecule has 0 fully saturated rings. The van der Waals surface area contributed by atoms with Crippen molar-refractivity contribution in [1.82, 2.24) is 20.3 Å². The highest BCUT2D eigenvalue weighted by atomic mass is 16.5. The van der Waals surface area contributed by atoms with E-state index >= 15 is 0 Å². The lowest BCUT2D eigenvalue weighted by atomic mass is 10.3. The van der Waals surface area contributed by atoms with Gasteiger partial charge in [0.2, 0.25) is 0 Å². The van der Waals surface area contributed by atoms with Gasteiger partial charge >= 0.3 is 0 Å². The Kier molecular flexibility index (Phi) is 5.78. The molecule has 0 saturated heterocycles. The first-order chi connectivity index (χ1) is 13.2. The van der Waals surface area contributed by atoms with Crippen LogP contribution in [0.4, 0.5) is 5.69 Å². The van der Waals surface area contributed by atoms with Gasteiger partial charge in [-0.2, -0.15) is 9.90 Å². The fraction of sp³-hybridized carbons (Fsp3) is 0.158. The summed E-state index contributed by atoms with van der Waals surface area (Å²) in [6.45, 7) is 2.35. The predicted octanol–water partition coefficient (Wildman–Crippen LogP) is 2.03. The number of hydrogen-bond acceptors (Lipinski definition) is 5. The van der Waals surface area contributed by atoms with Gasteiger partial charge in [-0.15, -0.1) is 5.10 Å². The number of benzene rings is 2. The predicted molar refractivity (Wildman–Crippen MR) is 99.9 cm³/mol. The minimum Gasteiger partial charge on any atom is -0.484 e. The third kappa shape index (κ3) is 4.91. The molecule has 0 aliphatic carbocycles. The van der Waals surface area contributed by atoms with Crippen LogP contribution in [0.3, 0.4) is 0 Å². The average Bonchev–Trinajstić information content (AvgIpc) is 3.19. The lowest BCUT2D eigenvalue weighted by Crippen LogP contribution is -2.28. The minimum atomic E-state index is -0.367. The molecule has 1 heterocycles. The van der Waals surface area contributed by atoms with Crippen LogP contribution in [0.25, 0.3) is 5.69 Å². The van der Waals surface area contributed by atoms with Crippen LogP contribution in [0.2, 0.25) is 0 Å². The summed E-state index contributed by atoms with van der Waals surface area (Å²) >= 11 is 0. The molecule has 0 bridgehead atoms. The molecule has 138 valence electrons. The van der Waals surface area contributed by atoms with E-state index < -0.39 is 0 Å². The zero-order valence-corrected chi connectivity index (χ0v) is 14.8. The smallest absolute Gasteiger partial charge is 0.277 e. The molecule has 0 radical (unpaired) electrons. The van der Waals surface area contributed by atoms with Crippen molar-refractivity contribution in [3.8, 4) is 11.4 Å². The number of para-hydroxylation sites is 1. The average molecular weight is 365 g/mol. The van der Waals surface area contributed by atoms with Crippen molar-refractivity contribution in [3.05, 3.63) is 66.5 Å². The number of nitrogens with zero attached hydrogens (tertiary/aromatic N) is 3. The van der Waals surface area contributed by atoms with Crippen LogP contribution in [-0.4, -0.2) is 40.0 Å². The normalized spacial score (nSPS) is 10.3. The van der Waals surface area contributed by atoms with Crippen LogP contribution < -0.4 is 15.4 Å². The van der Waals surface area contributed by atoms with Crippen molar-refractivity contribution in [2.45, 2.75) is 6.92 Å². The molecule has 0 saturated carbocycles. The lowest BCUT2D eigenvalue weighted by molar-refractivity contribution is -0.122. The van der Waals surface area contributed by atoms with Crippen LogP contribution in [0.5, 0.6) is 5.75 Å². The molecule has 0 aliphatic heterocycles. The van der Waals surface area contributed by atoms with Gasteiger partial charge < -0.3 is 15.4 Å². The van der Waals surface area contributed by atoms with Gasteiger partial charge in [-0.1, -0.05) is 18.2 Å². The molecule has 3 rings (SSSR count). The summed E-state index contributed by atoms with van der Waals surface area (Å²) in [5, 5.41) is 13.7. The Morgan fingerprint density at radius 2 is 1.81 bits per heavy atom. The molecule has 0 spiro atoms. The molecule has 27 heavy (non-hydrogen) atoms. The number of likely N-dealkylation sites (N-methyl/N-ethyl adjacent to an activating group) is 1. The molecule has 8 nitrogen and oxygen atoms in total. The topological polar surface area (TPSA) is 98.1 Å². The molecular weight excluding hydrogens is 346 g/mol. The second-order valence-electron chi connectivity index (χ2n) is 5.58. The Bertz CT molecular complexity index is 907.